The molecule has 84 valence electrons. The highest BCUT2D eigenvalue weighted by molar-refractivity contribution is 6.06. The Labute approximate surface area is 93.6 Å². The summed E-state index contributed by atoms with van der Waals surface area (Å²) < 4.78 is 4.88. The lowest BCUT2D eigenvalue weighted by molar-refractivity contribution is 0.0939. The van der Waals surface area contributed by atoms with Crippen LogP contribution in [0.25, 0.3) is 10.9 Å². The van der Waals surface area contributed by atoms with Gasteiger partial charge in [-0.1, -0.05) is 6.07 Å². The Balaban J connectivity index is 2.19. The normalized spacial score (nSPS) is 10.6. The third-order valence-corrected chi connectivity index (χ3v) is 2.43. The molecule has 2 rings (SSSR count). The zero-order chi connectivity index (χ0) is 11.4. The maximum atomic E-state index is 11.9. The van der Waals surface area contributed by atoms with Crippen molar-refractivity contribution in [2.75, 3.05) is 20.3 Å². The zero-order valence-corrected chi connectivity index (χ0v) is 9.12. The molecule has 0 atom stereocenters. The van der Waals surface area contributed by atoms with Crippen molar-refractivity contribution < 1.29 is 9.53 Å². The number of amides is 1. The summed E-state index contributed by atoms with van der Waals surface area (Å²) in [4.78, 5) is 14.9. The summed E-state index contributed by atoms with van der Waals surface area (Å²) in [6.45, 7) is 1.05. The van der Waals surface area contributed by atoms with Gasteiger partial charge in [0.25, 0.3) is 5.91 Å². The maximum Gasteiger partial charge on any atom is 0.252 e. The number of benzene rings is 1. The van der Waals surface area contributed by atoms with Crippen LogP contribution in [0.5, 0.6) is 0 Å². The van der Waals surface area contributed by atoms with Gasteiger partial charge in [0.05, 0.1) is 6.61 Å². The van der Waals surface area contributed by atoms with Crippen molar-refractivity contribution in [2.45, 2.75) is 0 Å². The van der Waals surface area contributed by atoms with E-state index in [0.717, 1.165) is 10.9 Å². The van der Waals surface area contributed by atoms with Crippen molar-refractivity contribution in [1.82, 2.24) is 10.3 Å². The van der Waals surface area contributed by atoms with Crippen LogP contribution in [0.1, 0.15) is 10.4 Å². The number of carbonyl (C=O) groups is 1. The van der Waals surface area contributed by atoms with Gasteiger partial charge in [-0.25, -0.2) is 0 Å². The van der Waals surface area contributed by atoms with Gasteiger partial charge in [0.1, 0.15) is 0 Å². The van der Waals surface area contributed by atoms with Gasteiger partial charge in [0.15, 0.2) is 0 Å². The van der Waals surface area contributed by atoms with E-state index in [2.05, 4.69) is 10.3 Å². The number of H-pyrrole nitrogens is 1. The average molecular weight is 218 g/mol. The minimum absolute atomic E-state index is 0.0674. The molecule has 0 spiro atoms. The quantitative estimate of drug-likeness (QED) is 0.765. The van der Waals surface area contributed by atoms with Crippen molar-refractivity contribution in [2.24, 2.45) is 0 Å². The monoisotopic (exact) mass is 218 g/mol. The first-order valence-corrected chi connectivity index (χ1v) is 5.16. The molecule has 0 radical (unpaired) electrons. The van der Waals surface area contributed by atoms with Crippen molar-refractivity contribution >= 4 is 16.8 Å². The number of hydrogen-bond acceptors (Lipinski definition) is 2. The van der Waals surface area contributed by atoms with Crippen LogP contribution >= 0.6 is 0 Å². The molecule has 4 nitrogen and oxygen atoms in total. The second-order valence-corrected chi connectivity index (χ2v) is 3.49. The summed E-state index contributed by atoms with van der Waals surface area (Å²) in [5.74, 6) is -0.0674. The Hall–Kier alpha value is -1.81. The highest BCUT2D eigenvalue weighted by Crippen LogP contribution is 2.16. The Bertz CT molecular complexity index is 490. The molecule has 0 saturated carbocycles. The molecule has 2 aromatic rings. The predicted octanol–water partition coefficient (Wildman–Crippen LogP) is 1.54. The molecule has 0 aliphatic carbocycles. The minimum Gasteiger partial charge on any atom is -0.383 e. The molecule has 0 saturated heterocycles. The maximum absolute atomic E-state index is 11.9. The van der Waals surface area contributed by atoms with E-state index in [1.807, 2.05) is 30.5 Å². The number of aromatic nitrogens is 1. The molecule has 0 unspecified atom stereocenters. The molecular weight excluding hydrogens is 204 g/mol. The zero-order valence-electron chi connectivity index (χ0n) is 9.12. The van der Waals surface area contributed by atoms with Gasteiger partial charge in [0, 0.05) is 36.3 Å². The summed E-state index contributed by atoms with van der Waals surface area (Å²) in [6.07, 6.45) is 1.83. The highest BCUT2D eigenvalue weighted by Gasteiger charge is 2.09. The lowest BCUT2D eigenvalue weighted by Gasteiger charge is -2.05. The average Bonchev–Trinajstić information content (AvgIpc) is 2.76. The van der Waals surface area contributed by atoms with Gasteiger partial charge in [-0.15, -0.1) is 0 Å². The van der Waals surface area contributed by atoms with E-state index in [4.69, 9.17) is 4.74 Å². The van der Waals surface area contributed by atoms with E-state index >= 15 is 0 Å². The molecule has 4 heteroatoms. The van der Waals surface area contributed by atoms with Crippen LogP contribution in [0.15, 0.2) is 30.5 Å². The second kappa shape index (κ2) is 4.81. The van der Waals surface area contributed by atoms with Crippen LogP contribution in [0.3, 0.4) is 0 Å². The van der Waals surface area contributed by atoms with Crippen LogP contribution in [0.2, 0.25) is 0 Å². The number of hydrogen-bond donors (Lipinski definition) is 2. The SMILES string of the molecule is COCCNC(=O)c1cccc2[nH]ccc12. The summed E-state index contributed by atoms with van der Waals surface area (Å²) in [5, 5.41) is 3.75. The van der Waals surface area contributed by atoms with E-state index in [1.54, 1.807) is 7.11 Å². The Kier molecular flexibility index (Phi) is 3.22. The van der Waals surface area contributed by atoms with Crippen LogP contribution < -0.4 is 5.32 Å². The number of ether oxygens (including phenoxy) is 1. The van der Waals surface area contributed by atoms with Gasteiger partial charge in [0.2, 0.25) is 0 Å². The second-order valence-electron chi connectivity index (χ2n) is 3.49. The molecule has 1 amide bonds. The lowest BCUT2D eigenvalue weighted by atomic mass is 10.1. The molecule has 16 heavy (non-hydrogen) atoms. The fraction of sp³-hybridized carbons (Fsp3) is 0.250. The Morgan fingerprint density at radius 1 is 1.44 bits per heavy atom. The van der Waals surface area contributed by atoms with Gasteiger partial charge in [-0.05, 0) is 18.2 Å². The topological polar surface area (TPSA) is 54.1 Å². The van der Waals surface area contributed by atoms with Crippen LogP contribution in [-0.4, -0.2) is 31.2 Å². The predicted molar refractivity (Wildman–Crippen MR) is 62.5 cm³/mol. The number of fused-ring (bicyclic) bond motifs is 1. The largest absolute Gasteiger partial charge is 0.383 e. The molecule has 2 N–H and O–H groups in total. The molecule has 1 heterocycles. The summed E-state index contributed by atoms with van der Waals surface area (Å²) in [5.41, 5.74) is 1.66. The van der Waals surface area contributed by atoms with Crippen molar-refractivity contribution in [1.29, 1.82) is 0 Å². The third-order valence-electron chi connectivity index (χ3n) is 2.43. The smallest absolute Gasteiger partial charge is 0.252 e. The molecule has 0 fully saturated rings. The standard InChI is InChI=1S/C12H14N2O2/c1-16-8-7-14-12(15)10-3-2-4-11-9(10)5-6-13-11/h2-6,13H,7-8H2,1H3,(H,14,15). The number of methoxy groups -OCH3 is 1. The first kappa shape index (κ1) is 10.7. The van der Waals surface area contributed by atoms with Crippen LogP contribution in [0.4, 0.5) is 0 Å². The summed E-state index contributed by atoms with van der Waals surface area (Å²) in [7, 11) is 1.61. The van der Waals surface area contributed by atoms with E-state index < -0.39 is 0 Å². The number of nitrogens with one attached hydrogen (secondary N) is 2. The molecule has 1 aromatic carbocycles. The first-order valence-electron chi connectivity index (χ1n) is 5.16. The minimum atomic E-state index is -0.0674. The lowest BCUT2D eigenvalue weighted by Crippen LogP contribution is -2.26. The van der Waals surface area contributed by atoms with Crippen molar-refractivity contribution in [3.8, 4) is 0 Å². The fourth-order valence-corrected chi connectivity index (χ4v) is 1.65. The first-order chi connectivity index (χ1) is 7.83. The van der Waals surface area contributed by atoms with E-state index in [-0.39, 0.29) is 5.91 Å². The Morgan fingerprint density at radius 3 is 3.12 bits per heavy atom. The van der Waals surface area contributed by atoms with Crippen molar-refractivity contribution in [3.05, 3.63) is 36.0 Å². The van der Waals surface area contributed by atoms with E-state index in [1.165, 1.54) is 0 Å². The molecule has 0 aliphatic rings. The number of aromatic amines is 1. The summed E-state index contributed by atoms with van der Waals surface area (Å²) in [6, 6.07) is 7.53. The van der Waals surface area contributed by atoms with E-state index in [9.17, 15) is 4.79 Å². The van der Waals surface area contributed by atoms with Crippen LogP contribution in [0, 0.1) is 0 Å². The third kappa shape index (κ3) is 2.06. The van der Waals surface area contributed by atoms with E-state index in [0.29, 0.717) is 18.7 Å². The molecule has 0 bridgehead atoms. The van der Waals surface area contributed by atoms with Crippen molar-refractivity contribution in [3.63, 3.8) is 0 Å². The van der Waals surface area contributed by atoms with Gasteiger partial charge < -0.3 is 15.0 Å². The summed E-state index contributed by atoms with van der Waals surface area (Å²) >= 11 is 0. The van der Waals surface area contributed by atoms with Gasteiger partial charge in [-0.3, -0.25) is 4.79 Å². The number of rotatable bonds is 4. The van der Waals surface area contributed by atoms with Gasteiger partial charge >= 0.3 is 0 Å². The molecule has 0 aliphatic heterocycles. The fourth-order valence-electron chi connectivity index (χ4n) is 1.65. The number of carbonyl (C=O) groups excluding carboxylic acids is 1. The molecule has 1 aromatic heterocycles. The Morgan fingerprint density at radius 2 is 2.31 bits per heavy atom. The molecular formula is C12H14N2O2. The van der Waals surface area contributed by atoms with Crippen LogP contribution in [-0.2, 0) is 4.74 Å². The van der Waals surface area contributed by atoms with Gasteiger partial charge in [-0.2, -0.15) is 0 Å². The highest BCUT2D eigenvalue weighted by atomic mass is 16.5.